The Morgan fingerprint density at radius 1 is 1.06 bits per heavy atom. The third-order valence-corrected chi connectivity index (χ3v) is 3.34. The van der Waals surface area contributed by atoms with Gasteiger partial charge in [0.1, 0.15) is 0 Å². The molecule has 0 atom stereocenters. The fraction of sp³-hybridized carbons (Fsp3) is 0.562. The van der Waals surface area contributed by atoms with Gasteiger partial charge in [0.2, 0.25) is 0 Å². The summed E-state index contributed by atoms with van der Waals surface area (Å²) < 4.78 is 0. The summed E-state index contributed by atoms with van der Waals surface area (Å²) in [7, 11) is 0. The van der Waals surface area contributed by atoms with Gasteiger partial charge in [-0.25, -0.2) is 0 Å². The van der Waals surface area contributed by atoms with Crippen molar-refractivity contribution in [2.75, 3.05) is 0 Å². The van der Waals surface area contributed by atoms with Crippen molar-refractivity contribution in [3.05, 3.63) is 34.3 Å². The van der Waals surface area contributed by atoms with Crippen LogP contribution in [-0.4, -0.2) is 5.78 Å². The monoisotopic (exact) mass is 266 g/mol. The molecule has 0 N–H and O–H groups in total. The van der Waals surface area contributed by atoms with Gasteiger partial charge >= 0.3 is 0 Å². The molecule has 0 radical (unpaired) electrons. The fourth-order valence-corrected chi connectivity index (χ4v) is 2.40. The fourth-order valence-electron chi connectivity index (χ4n) is 2.11. The predicted octanol–water partition coefficient (Wildman–Crippen LogP) is 5.58. The van der Waals surface area contributed by atoms with Gasteiger partial charge in [-0.15, -0.1) is 0 Å². The molecule has 1 aromatic carbocycles. The summed E-state index contributed by atoms with van der Waals surface area (Å²) in [5.41, 5.74) is 1.81. The quantitative estimate of drug-likeness (QED) is 0.443. The van der Waals surface area contributed by atoms with Crippen molar-refractivity contribution in [3.8, 4) is 0 Å². The van der Waals surface area contributed by atoms with Crippen molar-refractivity contribution < 1.29 is 4.79 Å². The third kappa shape index (κ3) is 5.68. The smallest absolute Gasteiger partial charge is 0.162 e. The summed E-state index contributed by atoms with van der Waals surface area (Å²) >= 11 is 5.96. The summed E-state index contributed by atoms with van der Waals surface area (Å²) in [5.74, 6) is 0.219. The zero-order valence-electron chi connectivity index (χ0n) is 11.5. The number of benzene rings is 1. The van der Waals surface area contributed by atoms with Gasteiger partial charge in [0.15, 0.2) is 5.78 Å². The topological polar surface area (TPSA) is 17.1 Å². The molecular weight excluding hydrogens is 244 g/mol. The molecule has 0 heterocycles. The molecule has 0 aromatic heterocycles. The molecule has 0 fully saturated rings. The highest BCUT2D eigenvalue weighted by Gasteiger charge is 2.07. The average Bonchev–Trinajstić information content (AvgIpc) is 2.32. The molecule has 0 aliphatic rings. The number of Topliss-reactive ketones (excluding diaryl/α,β-unsaturated/α-hetero) is 1. The van der Waals surface area contributed by atoms with Gasteiger partial charge in [0, 0.05) is 17.0 Å². The van der Waals surface area contributed by atoms with Gasteiger partial charge in [-0.3, -0.25) is 4.79 Å². The summed E-state index contributed by atoms with van der Waals surface area (Å²) in [6.45, 7) is 4.18. The first-order chi connectivity index (χ1) is 8.63. The Bertz CT molecular complexity index is 364. The van der Waals surface area contributed by atoms with Gasteiger partial charge in [-0.05, 0) is 37.1 Å². The first-order valence-corrected chi connectivity index (χ1v) is 7.31. The van der Waals surface area contributed by atoms with Crippen LogP contribution in [0.25, 0.3) is 0 Å². The second-order valence-corrected chi connectivity index (χ2v) is 5.39. The van der Waals surface area contributed by atoms with Crippen LogP contribution in [0.1, 0.15) is 67.8 Å². The number of carbonyl (C=O) groups excluding carboxylic acids is 1. The molecule has 0 aliphatic heterocycles. The Balaban J connectivity index is 2.32. The maximum Gasteiger partial charge on any atom is 0.162 e. The van der Waals surface area contributed by atoms with Crippen molar-refractivity contribution in [1.82, 2.24) is 0 Å². The molecule has 2 heteroatoms. The SMILES string of the molecule is CCCCCCCCC(=O)c1cc(C)cc(Cl)c1. The number of halogens is 1. The minimum absolute atomic E-state index is 0.219. The number of rotatable bonds is 8. The largest absolute Gasteiger partial charge is 0.294 e. The Labute approximate surface area is 116 Å². The van der Waals surface area contributed by atoms with Gasteiger partial charge in [-0.2, -0.15) is 0 Å². The van der Waals surface area contributed by atoms with Crippen LogP contribution in [0, 0.1) is 6.92 Å². The summed E-state index contributed by atoms with van der Waals surface area (Å²) in [6.07, 6.45) is 7.91. The number of hydrogen-bond donors (Lipinski definition) is 0. The Hall–Kier alpha value is -0.820. The van der Waals surface area contributed by atoms with E-state index < -0.39 is 0 Å². The van der Waals surface area contributed by atoms with E-state index in [4.69, 9.17) is 11.6 Å². The Morgan fingerprint density at radius 2 is 1.72 bits per heavy atom. The zero-order valence-corrected chi connectivity index (χ0v) is 12.2. The summed E-state index contributed by atoms with van der Waals surface area (Å²) in [6, 6.07) is 5.57. The molecule has 1 nitrogen and oxygen atoms in total. The van der Waals surface area contributed by atoms with Gasteiger partial charge < -0.3 is 0 Å². The lowest BCUT2D eigenvalue weighted by molar-refractivity contribution is 0.0979. The molecule has 0 aliphatic carbocycles. The van der Waals surface area contributed by atoms with Crippen LogP contribution >= 0.6 is 11.6 Å². The molecule has 18 heavy (non-hydrogen) atoms. The second kappa shape index (κ2) is 8.31. The average molecular weight is 267 g/mol. The molecular formula is C16H23ClO. The van der Waals surface area contributed by atoms with Crippen LogP contribution < -0.4 is 0 Å². The van der Waals surface area contributed by atoms with E-state index >= 15 is 0 Å². The van der Waals surface area contributed by atoms with Crippen molar-refractivity contribution in [2.24, 2.45) is 0 Å². The number of unbranched alkanes of at least 4 members (excludes halogenated alkanes) is 5. The van der Waals surface area contributed by atoms with Crippen LogP contribution in [-0.2, 0) is 0 Å². The van der Waals surface area contributed by atoms with Crippen LogP contribution in [0.4, 0.5) is 0 Å². The van der Waals surface area contributed by atoms with Crippen molar-refractivity contribution >= 4 is 17.4 Å². The van der Waals surface area contributed by atoms with Crippen molar-refractivity contribution in [2.45, 2.75) is 58.8 Å². The Kier molecular flexibility index (Phi) is 7.04. The predicted molar refractivity (Wildman–Crippen MR) is 78.5 cm³/mol. The van der Waals surface area contributed by atoms with E-state index in [0.29, 0.717) is 11.4 Å². The minimum atomic E-state index is 0.219. The first-order valence-electron chi connectivity index (χ1n) is 6.94. The van der Waals surface area contributed by atoms with Gasteiger partial charge in [-0.1, -0.05) is 50.6 Å². The highest BCUT2D eigenvalue weighted by molar-refractivity contribution is 6.31. The number of ketones is 1. The number of aryl methyl sites for hydroxylation is 1. The van der Waals surface area contributed by atoms with Gasteiger partial charge in [0.05, 0.1) is 0 Å². The molecule has 0 saturated heterocycles. The van der Waals surface area contributed by atoms with E-state index in [0.717, 1.165) is 24.0 Å². The first kappa shape index (κ1) is 15.2. The van der Waals surface area contributed by atoms with Crippen LogP contribution in [0.15, 0.2) is 18.2 Å². The zero-order chi connectivity index (χ0) is 13.4. The standard InChI is InChI=1S/C16H23ClO/c1-3-4-5-6-7-8-9-16(18)14-10-13(2)11-15(17)12-14/h10-12H,3-9H2,1-2H3. The molecule has 0 amide bonds. The number of hydrogen-bond acceptors (Lipinski definition) is 1. The highest BCUT2D eigenvalue weighted by Crippen LogP contribution is 2.17. The van der Waals surface area contributed by atoms with Crippen molar-refractivity contribution in [1.29, 1.82) is 0 Å². The van der Waals surface area contributed by atoms with E-state index in [2.05, 4.69) is 6.92 Å². The molecule has 0 unspecified atom stereocenters. The summed E-state index contributed by atoms with van der Waals surface area (Å²) in [4.78, 5) is 12.0. The van der Waals surface area contributed by atoms with Crippen LogP contribution in [0.2, 0.25) is 5.02 Å². The maximum atomic E-state index is 12.0. The van der Waals surface area contributed by atoms with Crippen LogP contribution in [0.3, 0.4) is 0 Å². The lowest BCUT2D eigenvalue weighted by atomic mass is 10.0. The molecule has 0 saturated carbocycles. The molecule has 1 rings (SSSR count). The third-order valence-electron chi connectivity index (χ3n) is 3.12. The number of carbonyl (C=O) groups is 1. The maximum absolute atomic E-state index is 12.0. The molecule has 0 bridgehead atoms. The molecule has 1 aromatic rings. The lowest BCUT2D eigenvalue weighted by Crippen LogP contribution is -1.99. The summed E-state index contributed by atoms with van der Waals surface area (Å²) in [5, 5.41) is 0.654. The van der Waals surface area contributed by atoms with Crippen LogP contribution in [0.5, 0.6) is 0 Å². The Morgan fingerprint density at radius 3 is 2.39 bits per heavy atom. The van der Waals surface area contributed by atoms with E-state index in [-0.39, 0.29) is 5.78 Å². The van der Waals surface area contributed by atoms with E-state index in [1.807, 2.05) is 19.1 Å². The van der Waals surface area contributed by atoms with Gasteiger partial charge in [0.25, 0.3) is 0 Å². The molecule has 100 valence electrons. The minimum Gasteiger partial charge on any atom is -0.294 e. The van der Waals surface area contributed by atoms with E-state index in [1.54, 1.807) is 6.07 Å². The van der Waals surface area contributed by atoms with Crippen molar-refractivity contribution in [3.63, 3.8) is 0 Å². The van der Waals surface area contributed by atoms with E-state index in [1.165, 1.54) is 25.7 Å². The highest BCUT2D eigenvalue weighted by atomic mass is 35.5. The normalized spacial score (nSPS) is 10.6. The second-order valence-electron chi connectivity index (χ2n) is 4.96. The lowest BCUT2D eigenvalue weighted by Gasteiger charge is -2.04. The van der Waals surface area contributed by atoms with E-state index in [9.17, 15) is 4.79 Å². The molecule has 0 spiro atoms.